The van der Waals surface area contributed by atoms with Crippen LogP contribution in [0.5, 0.6) is 0 Å². The highest BCUT2D eigenvalue weighted by atomic mass is 16.5. The third-order valence-corrected chi connectivity index (χ3v) is 0.592. The van der Waals surface area contributed by atoms with Crippen molar-refractivity contribution in [2.24, 2.45) is 5.73 Å². The van der Waals surface area contributed by atoms with Gasteiger partial charge in [-0.3, -0.25) is 4.79 Å². The molecule has 0 saturated heterocycles. The van der Waals surface area contributed by atoms with Crippen LogP contribution >= 0.6 is 0 Å². The lowest BCUT2D eigenvalue weighted by Crippen LogP contribution is -2.06. The lowest BCUT2D eigenvalue weighted by molar-refractivity contribution is -0.104. The molecule has 0 radical (unpaired) electrons. The van der Waals surface area contributed by atoms with Crippen molar-refractivity contribution in [1.82, 2.24) is 0 Å². The van der Waals surface area contributed by atoms with Crippen LogP contribution in [-0.2, 0) is 9.53 Å². The lowest BCUT2D eigenvalue weighted by Gasteiger charge is -1.99. The van der Waals surface area contributed by atoms with Gasteiger partial charge in [0.25, 0.3) is 0 Å². The van der Waals surface area contributed by atoms with Crippen molar-refractivity contribution in [3.05, 3.63) is 12.0 Å². The van der Waals surface area contributed by atoms with E-state index in [2.05, 4.69) is 4.74 Å². The predicted molar refractivity (Wildman–Crippen MR) is 31.4 cm³/mol. The number of nitrogens with two attached hydrogens (primary N) is 1. The fourth-order valence-electron chi connectivity index (χ4n) is 0.279. The number of hydrogen-bond donors (Lipinski definition) is 2. The second kappa shape index (κ2) is 5.11. The van der Waals surface area contributed by atoms with Crippen LogP contribution in [0.4, 0.5) is 0 Å². The van der Waals surface area contributed by atoms with Crippen molar-refractivity contribution in [2.75, 3.05) is 13.2 Å². The minimum absolute atomic E-state index is 0.0269. The number of rotatable bonds is 4. The van der Waals surface area contributed by atoms with Crippen LogP contribution in [0, 0.1) is 0 Å². The topological polar surface area (TPSA) is 72.6 Å². The summed E-state index contributed by atoms with van der Waals surface area (Å²) in [5.74, 6) is 0.0269. The van der Waals surface area contributed by atoms with Crippen LogP contribution in [0.2, 0.25) is 0 Å². The van der Waals surface area contributed by atoms with Crippen molar-refractivity contribution >= 4 is 6.29 Å². The summed E-state index contributed by atoms with van der Waals surface area (Å²) in [7, 11) is 0. The van der Waals surface area contributed by atoms with Crippen molar-refractivity contribution in [1.29, 1.82) is 0 Å². The van der Waals surface area contributed by atoms with E-state index >= 15 is 0 Å². The summed E-state index contributed by atoms with van der Waals surface area (Å²) in [6, 6.07) is 0. The molecule has 0 aliphatic carbocycles. The zero-order valence-corrected chi connectivity index (χ0v) is 4.91. The first kappa shape index (κ1) is 7.97. The van der Waals surface area contributed by atoms with Gasteiger partial charge in [-0.15, -0.1) is 0 Å². The Balaban J connectivity index is 3.36. The van der Waals surface area contributed by atoms with E-state index in [1.54, 1.807) is 0 Å². The number of carbonyl (C=O) groups excluding carboxylic acids is 1. The largest absolute Gasteiger partial charge is 0.477 e. The Kier molecular flexibility index (Phi) is 4.53. The number of ether oxygens (including phenoxy) is 1. The summed E-state index contributed by atoms with van der Waals surface area (Å²) in [5.41, 5.74) is 5.07. The summed E-state index contributed by atoms with van der Waals surface area (Å²) in [6.07, 6.45) is 1.60. The summed E-state index contributed by atoms with van der Waals surface area (Å²) in [5, 5.41) is 8.19. The summed E-state index contributed by atoms with van der Waals surface area (Å²) in [4.78, 5) is 9.68. The van der Waals surface area contributed by atoms with Crippen LogP contribution in [0.1, 0.15) is 0 Å². The molecule has 0 amide bonds. The number of allylic oxidation sites excluding steroid dienone is 1. The van der Waals surface area contributed by atoms with Gasteiger partial charge in [-0.2, -0.15) is 0 Å². The van der Waals surface area contributed by atoms with Crippen molar-refractivity contribution in [3.8, 4) is 0 Å². The molecule has 4 nitrogen and oxygen atoms in total. The molecular formula is C5H9NO3. The van der Waals surface area contributed by atoms with E-state index in [4.69, 9.17) is 10.8 Å². The molecule has 0 atom stereocenters. The highest BCUT2D eigenvalue weighted by Gasteiger charge is 1.85. The zero-order chi connectivity index (χ0) is 7.11. The first-order chi connectivity index (χ1) is 4.31. The average Bonchev–Trinajstić information content (AvgIpc) is 1.85. The molecule has 0 aliphatic heterocycles. The number of hydrogen-bond acceptors (Lipinski definition) is 4. The van der Waals surface area contributed by atoms with Crippen molar-refractivity contribution in [2.45, 2.75) is 0 Å². The van der Waals surface area contributed by atoms with E-state index in [-0.39, 0.29) is 19.1 Å². The van der Waals surface area contributed by atoms with Crippen molar-refractivity contribution in [3.63, 3.8) is 0 Å². The molecule has 0 fully saturated rings. The van der Waals surface area contributed by atoms with Crippen LogP contribution in [0.3, 0.4) is 0 Å². The van der Waals surface area contributed by atoms with Crippen LogP contribution in [0.25, 0.3) is 0 Å². The van der Waals surface area contributed by atoms with E-state index in [9.17, 15) is 4.79 Å². The standard InChI is InChI=1S/C5H9NO3/c6-5(1-2-7)9-4-3-8/h1-2,8H,3-4,6H2. The number of carbonyl (C=O) groups is 1. The fourth-order valence-corrected chi connectivity index (χ4v) is 0.279. The van der Waals surface area contributed by atoms with Crippen LogP contribution in [0.15, 0.2) is 12.0 Å². The van der Waals surface area contributed by atoms with E-state index in [0.29, 0.717) is 6.29 Å². The molecule has 0 rings (SSSR count). The summed E-state index contributed by atoms with van der Waals surface area (Å²) < 4.78 is 4.59. The quantitative estimate of drug-likeness (QED) is 0.291. The molecule has 0 aromatic carbocycles. The van der Waals surface area contributed by atoms with Gasteiger partial charge >= 0.3 is 0 Å². The minimum atomic E-state index is -0.104. The Bertz CT molecular complexity index is 111. The Morgan fingerprint density at radius 2 is 2.44 bits per heavy atom. The van der Waals surface area contributed by atoms with E-state index in [1.807, 2.05) is 0 Å². The predicted octanol–water partition coefficient (Wildman–Crippen LogP) is -1.01. The highest BCUT2D eigenvalue weighted by Crippen LogP contribution is 1.82. The number of aldehydes is 1. The van der Waals surface area contributed by atoms with E-state index in [0.717, 1.165) is 6.08 Å². The number of aliphatic hydroxyl groups excluding tert-OH is 1. The van der Waals surface area contributed by atoms with Crippen LogP contribution < -0.4 is 5.73 Å². The van der Waals surface area contributed by atoms with Gasteiger partial charge in [0, 0.05) is 6.08 Å². The number of aliphatic hydroxyl groups is 1. The fraction of sp³-hybridized carbons (Fsp3) is 0.400. The van der Waals surface area contributed by atoms with Gasteiger partial charge in [0.05, 0.1) is 6.61 Å². The highest BCUT2D eigenvalue weighted by molar-refractivity contribution is 5.65. The van der Waals surface area contributed by atoms with Gasteiger partial charge in [0.15, 0.2) is 5.88 Å². The van der Waals surface area contributed by atoms with Gasteiger partial charge in [-0.1, -0.05) is 0 Å². The molecule has 52 valence electrons. The van der Waals surface area contributed by atoms with Gasteiger partial charge < -0.3 is 15.6 Å². The van der Waals surface area contributed by atoms with Gasteiger partial charge in [-0.25, -0.2) is 0 Å². The summed E-state index contributed by atoms with van der Waals surface area (Å²) >= 11 is 0. The molecule has 0 unspecified atom stereocenters. The maximum atomic E-state index is 9.68. The molecule has 0 aliphatic rings. The Morgan fingerprint density at radius 1 is 1.78 bits per heavy atom. The monoisotopic (exact) mass is 131 g/mol. The molecule has 0 bridgehead atoms. The first-order valence-electron chi connectivity index (χ1n) is 2.46. The second-order valence-corrected chi connectivity index (χ2v) is 1.28. The third-order valence-electron chi connectivity index (χ3n) is 0.592. The van der Waals surface area contributed by atoms with Crippen molar-refractivity contribution < 1.29 is 14.6 Å². The van der Waals surface area contributed by atoms with Gasteiger partial charge in [-0.05, 0) is 0 Å². The SMILES string of the molecule is NC(=CC=O)OCCO. The molecule has 0 saturated carbocycles. The normalized spacial score (nSPS) is 11.0. The molecule has 0 aromatic rings. The Labute approximate surface area is 52.9 Å². The van der Waals surface area contributed by atoms with E-state index in [1.165, 1.54) is 0 Å². The molecule has 9 heavy (non-hydrogen) atoms. The Morgan fingerprint density at radius 3 is 2.89 bits per heavy atom. The van der Waals surface area contributed by atoms with Gasteiger partial charge in [0.2, 0.25) is 0 Å². The minimum Gasteiger partial charge on any atom is -0.477 e. The van der Waals surface area contributed by atoms with Crippen LogP contribution in [-0.4, -0.2) is 24.6 Å². The third kappa shape index (κ3) is 4.83. The molecule has 3 N–H and O–H groups in total. The maximum Gasteiger partial charge on any atom is 0.187 e. The second-order valence-electron chi connectivity index (χ2n) is 1.28. The first-order valence-corrected chi connectivity index (χ1v) is 2.46. The summed E-state index contributed by atoms with van der Waals surface area (Å²) in [6.45, 7) is 0.0174. The smallest absolute Gasteiger partial charge is 0.187 e. The zero-order valence-electron chi connectivity index (χ0n) is 4.91. The van der Waals surface area contributed by atoms with Gasteiger partial charge in [0.1, 0.15) is 12.9 Å². The molecule has 0 spiro atoms. The molecule has 4 heteroatoms. The molecule has 0 aromatic heterocycles. The maximum absolute atomic E-state index is 9.68. The average molecular weight is 131 g/mol. The molecule has 0 heterocycles. The van der Waals surface area contributed by atoms with E-state index < -0.39 is 0 Å². The lowest BCUT2D eigenvalue weighted by atomic mass is 10.6. The molecular weight excluding hydrogens is 122 g/mol. The Hall–Kier alpha value is -1.03.